The van der Waals surface area contributed by atoms with Crippen molar-refractivity contribution < 1.29 is 9.90 Å². The number of aliphatic hydroxyl groups is 1. The molecule has 1 atom stereocenters. The number of H-pyrrole nitrogens is 1. The van der Waals surface area contributed by atoms with Crippen LogP contribution in [0.5, 0.6) is 0 Å². The Morgan fingerprint density at radius 3 is 3.07 bits per heavy atom. The Morgan fingerprint density at radius 2 is 2.53 bits per heavy atom. The molecule has 1 aromatic heterocycles. The standard InChI is InChI=1S/C9H16N4O2/c1-9(15,13-8(14)2-3-10)4-7-5-11-6-12-7/h5-6,15H,2-4,10H2,1H3,(H,11,12)(H,13,14). The van der Waals surface area contributed by atoms with E-state index >= 15 is 0 Å². The molecule has 0 saturated heterocycles. The number of rotatable bonds is 5. The molecule has 0 fully saturated rings. The summed E-state index contributed by atoms with van der Waals surface area (Å²) >= 11 is 0. The van der Waals surface area contributed by atoms with E-state index in [1.54, 1.807) is 6.20 Å². The van der Waals surface area contributed by atoms with E-state index in [9.17, 15) is 9.90 Å². The average Bonchev–Trinajstić information content (AvgIpc) is 2.54. The van der Waals surface area contributed by atoms with Gasteiger partial charge in [0, 0.05) is 31.3 Å². The largest absolute Gasteiger partial charge is 0.371 e. The molecular formula is C9H16N4O2. The number of nitrogens with one attached hydrogen (secondary N) is 2. The fourth-order valence-electron chi connectivity index (χ4n) is 1.29. The van der Waals surface area contributed by atoms with Crippen molar-refractivity contribution in [1.82, 2.24) is 15.3 Å². The van der Waals surface area contributed by atoms with Crippen molar-refractivity contribution in [2.24, 2.45) is 5.73 Å². The third kappa shape index (κ3) is 4.09. The van der Waals surface area contributed by atoms with Gasteiger partial charge in [0.25, 0.3) is 0 Å². The number of hydrogen-bond acceptors (Lipinski definition) is 4. The molecule has 0 radical (unpaired) electrons. The molecule has 1 aromatic rings. The van der Waals surface area contributed by atoms with Crippen LogP contribution in [0, 0.1) is 0 Å². The number of carbonyl (C=O) groups excluding carboxylic acids is 1. The predicted octanol–water partition coefficient (Wildman–Crippen LogP) is -0.874. The van der Waals surface area contributed by atoms with Gasteiger partial charge in [-0.15, -0.1) is 0 Å². The van der Waals surface area contributed by atoms with E-state index in [0.717, 1.165) is 5.69 Å². The molecule has 0 aliphatic carbocycles. The van der Waals surface area contributed by atoms with Gasteiger partial charge in [-0.25, -0.2) is 4.98 Å². The summed E-state index contributed by atoms with van der Waals surface area (Å²) < 4.78 is 0. The van der Waals surface area contributed by atoms with E-state index in [1.165, 1.54) is 13.3 Å². The van der Waals surface area contributed by atoms with E-state index in [2.05, 4.69) is 15.3 Å². The summed E-state index contributed by atoms with van der Waals surface area (Å²) in [7, 11) is 0. The summed E-state index contributed by atoms with van der Waals surface area (Å²) in [5.41, 5.74) is 4.70. The molecule has 0 bridgehead atoms. The summed E-state index contributed by atoms with van der Waals surface area (Å²) in [4.78, 5) is 17.9. The van der Waals surface area contributed by atoms with Gasteiger partial charge in [-0.2, -0.15) is 0 Å². The number of amides is 1. The molecule has 5 N–H and O–H groups in total. The minimum Gasteiger partial charge on any atom is -0.371 e. The molecule has 1 amide bonds. The van der Waals surface area contributed by atoms with E-state index in [1.807, 2.05) is 0 Å². The van der Waals surface area contributed by atoms with Crippen LogP contribution in [-0.4, -0.2) is 33.3 Å². The molecule has 0 spiro atoms. The lowest BCUT2D eigenvalue weighted by molar-refractivity contribution is -0.127. The number of nitrogens with zero attached hydrogens (tertiary/aromatic N) is 1. The SMILES string of the molecule is CC(O)(Cc1cnc[nH]1)NC(=O)CCN. The summed E-state index contributed by atoms with van der Waals surface area (Å²) in [6.07, 6.45) is 3.61. The van der Waals surface area contributed by atoms with Gasteiger partial charge in [-0.05, 0) is 6.92 Å². The van der Waals surface area contributed by atoms with Crippen LogP contribution in [0.4, 0.5) is 0 Å². The molecule has 6 nitrogen and oxygen atoms in total. The third-order valence-electron chi connectivity index (χ3n) is 1.87. The number of imidazole rings is 1. The minimum atomic E-state index is -1.28. The average molecular weight is 212 g/mol. The molecule has 1 unspecified atom stereocenters. The van der Waals surface area contributed by atoms with Crippen LogP contribution in [0.25, 0.3) is 0 Å². The Labute approximate surface area is 87.9 Å². The monoisotopic (exact) mass is 212 g/mol. The fraction of sp³-hybridized carbons (Fsp3) is 0.556. The van der Waals surface area contributed by atoms with Gasteiger partial charge in [0.1, 0.15) is 5.72 Å². The Morgan fingerprint density at radius 1 is 1.80 bits per heavy atom. The van der Waals surface area contributed by atoms with Crippen LogP contribution >= 0.6 is 0 Å². The van der Waals surface area contributed by atoms with E-state index in [0.29, 0.717) is 0 Å². The lowest BCUT2D eigenvalue weighted by atomic mass is 10.1. The topological polar surface area (TPSA) is 104 Å². The van der Waals surface area contributed by atoms with E-state index in [4.69, 9.17) is 5.73 Å². The highest BCUT2D eigenvalue weighted by Crippen LogP contribution is 2.07. The maximum atomic E-state index is 11.2. The van der Waals surface area contributed by atoms with Crippen LogP contribution < -0.4 is 11.1 Å². The molecular weight excluding hydrogens is 196 g/mol. The zero-order chi connectivity index (χ0) is 11.3. The third-order valence-corrected chi connectivity index (χ3v) is 1.87. The first-order valence-electron chi connectivity index (χ1n) is 4.74. The van der Waals surface area contributed by atoms with Gasteiger partial charge in [0.2, 0.25) is 5.91 Å². The Hall–Kier alpha value is -1.40. The van der Waals surface area contributed by atoms with E-state index in [-0.39, 0.29) is 25.3 Å². The first kappa shape index (κ1) is 11.7. The molecule has 1 heterocycles. The predicted molar refractivity (Wildman–Crippen MR) is 54.7 cm³/mol. The number of aromatic nitrogens is 2. The normalized spacial score (nSPS) is 14.6. The number of nitrogens with two attached hydrogens (primary N) is 1. The summed E-state index contributed by atoms with van der Waals surface area (Å²) in [6, 6.07) is 0. The van der Waals surface area contributed by atoms with Crippen LogP contribution in [0.15, 0.2) is 12.5 Å². The second kappa shape index (κ2) is 4.90. The molecule has 84 valence electrons. The second-order valence-corrected chi connectivity index (χ2v) is 3.61. The van der Waals surface area contributed by atoms with Crippen molar-refractivity contribution in [1.29, 1.82) is 0 Å². The highest BCUT2D eigenvalue weighted by Gasteiger charge is 2.23. The number of hydrogen-bond donors (Lipinski definition) is 4. The molecule has 0 aliphatic heterocycles. The van der Waals surface area contributed by atoms with Crippen LogP contribution in [0.1, 0.15) is 19.0 Å². The van der Waals surface area contributed by atoms with Crippen LogP contribution in [0.2, 0.25) is 0 Å². The molecule has 1 rings (SSSR count). The molecule has 0 saturated carbocycles. The van der Waals surface area contributed by atoms with Gasteiger partial charge < -0.3 is 21.1 Å². The first-order chi connectivity index (χ1) is 7.03. The Kier molecular flexibility index (Phi) is 3.81. The van der Waals surface area contributed by atoms with Gasteiger partial charge in [-0.3, -0.25) is 4.79 Å². The number of carbonyl (C=O) groups is 1. The second-order valence-electron chi connectivity index (χ2n) is 3.61. The van der Waals surface area contributed by atoms with Gasteiger partial charge in [0.05, 0.1) is 6.33 Å². The maximum Gasteiger partial charge on any atom is 0.223 e. The molecule has 0 aliphatic rings. The maximum absolute atomic E-state index is 11.2. The van der Waals surface area contributed by atoms with E-state index < -0.39 is 5.72 Å². The molecule has 0 aromatic carbocycles. The number of aromatic amines is 1. The molecule has 6 heteroatoms. The van der Waals surface area contributed by atoms with Crippen molar-refractivity contribution >= 4 is 5.91 Å². The van der Waals surface area contributed by atoms with Gasteiger partial charge >= 0.3 is 0 Å². The summed E-state index contributed by atoms with van der Waals surface area (Å²) in [5.74, 6) is -0.262. The highest BCUT2D eigenvalue weighted by atomic mass is 16.3. The summed E-state index contributed by atoms with van der Waals surface area (Å²) in [6.45, 7) is 1.80. The van der Waals surface area contributed by atoms with Gasteiger partial charge in [-0.1, -0.05) is 0 Å². The van der Waals surface area contributed by atoms with Crippen LogP contribution in [0.3, 0.4) is 0 Å². The van der Waals surface area contributed by atoms with Crippen LogP contribution in [-0.2, 0) is 11.2 Å². The van der Waals surface area contributed by atoms with Crippen molar-refractivity contribution in [3.05, 3.63) is 18.2 Å². The van der Waals surface area contributed by atoms with Gasteiger partial charge in [0.15, 0.2) is 0 Å². The Balaban J connectivity index is 2.48. The van der Waals surface area contributed by atoms with Crippen molar-refractivity contribution in [3.63, 3.8) is 0 Å². The first-order valence-corrected chi connectivity index (χ1v) is 4.74. The zero-order valence-electron chi connectivity index (χ0n) is 8.66. The lowest BCUT2D eigenvalue weighted by Crippen LogP contribution is -2.48. The van der Waals surface area contributed by atoms with Crippen molar-refractivity contribution in [3.8, 4) is 0 Å². The minimum absolute atomic E-state index is 0.207. The van der Waals surface area contributed by atoms with Crippen molar-refractivity contribution in [2.75, 3.05) is 6.54 Å². The smallest absolute Gasteiger partial charge is 0.223 e. The lowest BCUT2D eigenvalue weighted by Gasteiger charge is -2.23. The molecule has 15 heavy (non-hydrogen) atoms. The highest BCUT2D eigenvalue weighted by molar-refractivity contribution is 5.76. The zero-order valence-corrected chi connectivity index (χ0v) is 8.66. The summed E-state index contributed by atoms with van der Waals surface area (Å²) in [5, 5.41) is 12.3. The quantitative estimate of drug-likeness (QED) is 0.476. The fourth-order valence-corrected chi connectivity index (χ4v) is 1.29. The Bertz CT molecular complexity index is 308. The van der Waals surface area contributed by atoms with Crippen molar-refractivity contribution in [2.45, 2.75) is 25.5 Å².